The molecule has 1 aromatic carbocycles. The molecule has 2 N–H and O–H groups in total. The van der Waals surface area contributed by atoms with E-state index in [1.54, 1.807) is 0 Å². The zero-order valence-electron chi connectivity index (χ0n) is 6.32. The van der Waals surface area contributed by atoms with E-state index in [1.165, 1.54) is 0 Å². The lowest BCUT2D eigenvalue weighted by atomic mass is 10.2. The van der Waals surface area contributed by atoms with Crippen molar-refractivity contribution in [3.8, 4) is 0 Å². The van der Waals surface area contributed by atoms with Crippen LogP contribution in [0.25, 0.3) is 4.85 Å². The second-order valence-corrected chi connectivity index (χ2v) is 2.23. The third kappa shape index (κ3) is 1.54. The van der Waals surface area contributed by atoms with Gasteiger partial charge in [0.05, 0.1) is 11.5 Å². The predicted molar refractivity (Wildman–Crippen MR) is 43.7 cm³/mol. The Balaban J connectivity index is 3.44. The van der Waals surface area contributed by atoms with Gasteiger partial charge < -0.3 is 5.73 Å². The first-order valence-corrected chi connectivity index (χ1v) is 3.17. The van der Waals surface area contributed by atoms with Crippen LogP contribution in [0.1, 0.15) is 0 Å². The van der Waals surface area contributed by atoms with Crippen LogP contribution in [-0.4, -0.2) is 4.92 Å². The van der Waals surface area contributed by atoms with E-state index in [0.29, 0.717) is 0 Å². The Morgan fingerprint density at radius 1 is 1.62 bits per heavy atom. The van der Waals surface area contributed by atoms with E-state index in [1.807, 2.05) is 0 Å². The first-order valence-electron chi connectivity index (χ1n) is 3.17. The number of halogens is 1. The van der Waals surface area contributed by atoms with Gasteiger partial charge in [0.25, 0.3) is 5.69 Å². The predicted octanol–water partition coefficient (Wildman–Crippen LogP) is 1.87. The molecule has 6 heteroatoms. The van der Waals surface area contributed by atoms with E-state index in [9.17, 15) is 14.5 Å². The number of nitrogens with zero attached hydrogens (tertiary/aromatic N) is 2. The van der Waals surface area contributed by atoms with E-state index in [2.05, 4.69) is 4.85 Å². The summed E-state index contributed by atoms with van der Waals surface area (Å²) >= 11 is 0. The first-order chi connectivity index (χ1) is 6.06. The van der Waals surface area contributed by atoms with Crippen molar-refractivity contribution in [3.05, 3.63) is 39.5 Å². The van der Waals surface area contributed by atoms with E-state index in [0.717, 1.165) is 12.1 Å². The Labute approximate surface area is 72.6 Å². The van der Waals surface area contributed by atoms with Gasteiger partial charge in [0.15, 0.2) is 5.69 Å². The van der Waals surface area contributed by atoms with Gasteiger partial charge >= 0.3 is 0 Å². The van der Waals surface area contributed by atoms with Crippen molar-refractivity contribution in [2.45, 2.75) is 0 Å². The van der Waals surface area contributed by atoms with Crippen LogP contribution in [-0.2, 0) is 0 Å². The number of rotatable bonds is 1. The van der Waals surface area contributed by atoms with Gasteiger partial charge in [-0.25, -0.2) is 9.24 Å². The molecule has 1 rings (SSSR count). The zero-order chi connectivity index (χ0) is 10.0. The van der Waals surface area contributed by atoms with Crippen molar-refractivity contribution < 1.29 is 9.31 Å². The quantitative estimate of drug-likeness (QED) is 0.311. The normalized spacial score (nSPS) is 9.23. The van der Waals surface area contributed by atoms with Crippen LogP contribution < -0.4 is 5.73 Å². The van der Waals surface area contributed by atoms with Crippen LogP contribution in [0.3, 0.4) is 0 Å². The van der Waals surface area contributed by atoms with Crippen LogP contribution >= 0.6 is 0 Å². The minimum Gasteiger partial charge on any atom is -0.391 e. The monoisotopic (exact) mass is 181 g/mol. The lowest BCUT2D eigenvalue weighted by Gasteiger charge is -1.98. The molecule has 0 amide bonds. The topological polar surface area (TPSA) is 73.5 Å². The molecular formula is C7H4FN3O2. The molecule has 66 valence electrons. The maximum absolute atomic E-state index is 12.8. The number of nitro benzene ring substituents is 1. The molecule has 0 aromatic heterocycles. The van der Waals surface area contributed by atoms with Crippen molar-refractivity contribution in [1.82, 2.24) is 0 Å². The van der Waals surface area contributed by atoms with Crippen molar-refractivity contribution in [3.63, 3.8) is 0 Å². The number of hydrogen-bond acceptors (Lipinski definition) is 3. The smallest absolute Gasteiger partial charge is 0.285 e. The average molecular weight is 181 g/mol. The van der Waals surface area contributed by atoms with Crippen molar-refractivity contribution in [2.75, 3.05) is 5.73 Å². The Kier molecular flexibility index (Phi) is 2.11. The van der Waals surface area contributed by atoms with Gasteiger partial charge in [-0.05, 0) is 6.07 Å². The highest BCUT2D eigenvalue weighted by atomic mass is 19.1. The van der Waals surface area contributed by atoms with E-state index >= 15 is 0 Å². The molecule has 0 saturated heterocycles. The Morgan fingerprint density at radius 3 is 2.69 bits per heavy atom. The molecule has 0 aliphatic rings. The number of nitrogens with two attached hydrogens (primary N) is 1. The Morgan fingerprint density at radius 2 is 2.23 bits per heavy atom. The molecule has 0 fully saturated rings. The molecule has 0 unspecified atom stereocenters. The van der Waals surface area contributed by atoms with E-state index < -0.39 is 22.1 Å². The minimum absolute atomic E-state index is 0.140. The zero-order valence-corrected chi connectivity index (χ0v) is 6.32. The van der Waals surface area contributed by atoms with Gasteiger partial charge in [-0.1, -0.05) is 0 Å². The number of nitrogen functional groups attached to an aromatic ring is 1. The maximum atomic E-state index is 12.8. The molecule has 0 saturated carbocycles. The van der Waals surface area contributed by atoms with Gasteiger partial charge in [-0.3, -0.25) is 10.1 Å². The fourth-order valence-corrected chi connectivity index (χ4v) is 0.805. The largest absolute Gasteiger partial charge is 0.391 e. The molecule has 0 bridgehead atoms. The molecule has 0 heterocycles. The lowest BCUT2D eigenvalue weighted by Crippen LogP contribution is -1.97. The number of nitro groups is 1. The third-order valence-corrected chi connectivity index (χ3v) is 1.42. The second kappa shape index (κ2) is 3.06. The van der Waals surface area contributed by atoms with Crippen molar-refractivity contribution in [2.24, 2.45) is 0 Å². The van der Waals surface area contributed by atoms with Crippen LogP contribution in [0, 0.1) is 22.5 Å². The average Bonchev–Trinajstić information content (AvgIpc) is 2.09. The molecule has 1 aromatic rings. The molecule has 0 atom stereocenters. The van der Waals surface area contributed by atoms with Gasteiger partial charge in [-0.2, -0.15) is 0 Å². The summed E-state index contributed by atoms with van der Waals surface area (Å²) in [4.78, 5) is 12.3. The number of hydrogen-bond donors (Lipinski definition) is 1. The minimum atomic E-state index is -0.944. The highest BCUT2D eigenvalue weighted by Crippen LogP contribution is 2.29. The Hall–Kier alpha value is -2.16. The molecule has 0 aliphatic heterocycles. The first kappa shape index (κ1) is 8.93. The molecular weight excluding hydrogens is 177 g/mol. The van der Waals surface area contributed by atoms with Gasteiger partial charge in [0.1, 0.15) is 11.5 Å². The summed E-state index contributed by atoms with van der Waals surface area (Å²) in [5.41, 5.74) is 3.83. The molecule has 0 aliphatic carbocycles. The highest BCUT2D eigenvalue weighted by Gasteiger charge is 2.16. The number of anilines is 1. The SMILES string of the molecule is [C-]#[N+]c1cc(F)c(N)c([N+](=O)[O-])c1. The van der Waals surface area contributed by atoms with Crippen molar-refractivity contribution >= 4 is 17.1 Å². The molecule has 0 radical (unpaired) electrons. The lowest BCUT2D eigenvalue weighted by molar-refractivity contribution is -0.384. The molecule has 5 nitrogen and oxygen atoms in total. The van der Waals surface area contributed by atoms with Crippen LogP contribution in [0.2, 0.25) is 0 Å². The number of benzene rings is 1. The highest BCUT2D eigenvalue weighted by molar-refractivity contribution is 5.66. The summed E-state index contributed by atoms with van der Waals surface area (Å²) in [5, 5.41) is 10.3. The van der Waals surface area contributed by atoms with Gasteiger partial charge in [0.2, 0.25) is 0 Å². The second-order valence-electron chi connectivity index (χ2n) is 2.23. The third-order valence-electron chi connectivity index (χ3n) is 1.42. The van der Waals surface area contributed by atoms with E-state index in [-0.39, 0.29) is 5.69 Å². The summed E-state index contributed by atoms with van der Waals surface area (Å²) in [7, 11) is 0. The fourth-order valence-electron chi connectivity index (χ4n) is 0.805. The molecule has 13 heavy (non-hydrogen) atoms. The standard InChI is InChI=1S/C7H4FN3O2/c1-10-4-2-5(8)7(9)6(3-4)11(12)13/h2-3H,9H2. The van der Waals surface area contributed by atoms with E-state index in [4.69, 9.17) is 12.3 Å². The van der Waals surface area contributed by atoms with Gasteiger partial charge in [0, 0.05) is 6.07 Å². The summed E-state index contributed by atoms with van der Waals surface area (Å²) in [5.74, 6) is -0.944. The van der Waals surface area contributed by atoms with Crippen LogP contribution in [0.4, 0.5) is 21.5 Å². The van der Waals surface area contributed by atoms with Crippen molar-refractivity contribution in [1.29, 1.82) is 0 Å². The fraction of sp³-hybridized carbons (Fsp3) is 0. The summed E-state index contributed by atoms with van der Waals surface area (Å²) in [6, 6.07) is 1.79. The maximum Gasteiger partial charge on any atom is 0.285 e. The van der Waals surface area contributed by atoms with Crippen LogP contribution in [0.5, 0.6) is 0 Å². The molecule has 0 spiro atoms. The van der Waals surface area contributed by atoms with Crippen LogP contribution in [0.15, 0.2) is 12.1 Å². The summed E-state index contributed by atoms with van der Waals surface area (Å²) < 4.78 is 12.8. The summed E-state index contributed by atoms with van der Waals surface area (Å²) in [6.45, 7) is 6.54. The summed E-state index contributed by atoms with van der Waals surface area (Å²) in [6.07, 6.45) is 0. The Bertz CT molecular complexity index is 411. The van der Waals surface area contributed by atoms with Gasteiger partial charge in [-0.15, -0.1) is 0 Å².